The lowest BCUT2D eigenvalue weighted by atomic mass is 10.1. The van der Waals surface area contributed by atoms with Crippen molar-refractivity contribution in [3.63, 3.8) is 0 Å². The molecule has 0 radical (unpaired) electrons. The molecule has 0 bridgehead atoms. The molecule has 0 aliphatic carbocycles. The molecule has 0 aliphatic rings. The average molecular weight is 453 g/mol. The Labute approximate surface area is 182 Å². The van der Waals surface area contributed by atoms with E-state index in [1.807, 2.05) is 20.8 Å². The van der Waals surface area contributed by atoms with Crippen molar-refractivity contribution in [3.8, 4) is 0 Å². The van der Waals surface area contributed by atoms with Crippen LogP contribution in [0.25, 0.3) is 0 Å². The van der Waals surface area contributed by atoms with Crippen LogP contribution in [-0.2, 0) is 19.6 Å². The molecule has 2 rings (SSSR count). The van der Waals surface area contributed by atoms with Crippen molar-refractivity contribution in [2.45, 2.75) is 31.7 Å². The summed E-state index contributed by atoms with van der Waals surface area (Å²) in [5.41, 5.74) is -0.000745. The molecule has 0 fully saturated rings. The van der Waals surface area contributed by atoms with Gasteiger partial charge in [0.15, 0.2) is 0 Å². The van der Waals surface area contributed by atoms with Crippen molar-refractivity contribution in [2.24, 2.45) is 5.92 Å². The molecule has 0 heterocycles. The summed E-state index contributed by atoms with van der Waals surface area (Å²) in [7, 11) is -3.16. The third kappa shape index (κ3) is 5.31. The Bertz CT molecular complexity index is 1020. The quantitative estimate of drug-likeness (QED) is 0.619. The van der Waals surface area contributed by atoms with Crippen LogP contribution >= 0.6 is 11.6 Å². The van der Waals surface area contributed by atoms with Crippen LogP contribution in [0.2, 0.25) is 5.02 Å². The number of nitrogens with one attached hydrogen (secondary N) is 1. The molecule has 0 aromatic heterocycles. The number of esters is 1. The van der Waals surface area contributed by atoms with Gasteiger partial charge in [-0.25, -0.2) is 13.2 Å². The van der Waals surface area contributed by atoms with Gasteiger partial charge in [0.1, 0.15) is 11.4 Å². The largest absolute Gasteiger partial charge is 0.465 e. The van der Waals surface area contributed by atoms with Crippen LogP contribution < -0.4 is 9.62 Å². The van der Waals surface area contributed by atoms with E-state index >= 15 is 0 Å². The molecule has 0 saturated heterocycles. The van der Waals surface area contributed by atoms with Crippen molar-refractivity contribution in [3.05, 3.63) is 59.1 Å². The first-order chi connectivity index (χ1) is 14.1. The minimum atomic E-state index is -4.33. The van der Waals surface area contributed by atoms with Gasteiger partial charge in [-0.05, 0) is 37.1 Å². The summed E-state index contributed by atoms with van der Waals surface area (Å²) in [6, 6.07) is 11.8. The topological polar surface area (TPSA) is 92.8 Å². The number of methoxy groups -OCH3 is 1. The fraction of sp³-hybridized carbons (Fsp3) is 0.333. The number of hydrogen-bond acceptors (Lipinski definition) is 5. The molecular weight excluding hydrogens is 428 g/mol. The number of nitrogens with zero attached hydrogens (tertiary/aromatic N) is 1. The predicted octanol–water partition coefficient (Wildman–Crippen LogP) is 3.48. The van der Waals surface area contributed by atoms with E-state index in [9.17, 15) is 18.0 Å². The Morgan fingerprint density at radius 3 is 2.27 bits per heavy atom. The molecule has 0 saturated carbocycles. The summed E-state index contributed by atoms with van der Waals surface area (Å²) in [5.74, 6) is -1.12. The second kappa shape index (κ2) is 9.95. The second-order valence-corrected chi connectivity index (χ2v) is 9.29. The van der Waals surface area contributed by atoms with E-state index in [2.05, 4.69) is 5.32 Å². The number of halogens is 1. The van der Waals surface area contributed by atoms with E-state index in [0.717, 1.165) is 11.4 Å². The zero-order chi connectivity index (χ0) is 22.5. The van der Waals surface area contributed by atoms with Gasteiger partial charge in [-0.1, -0.05) is 49.7 Å². The molecule has 1 N–H and O–H groups in total. The molecule has 9 heteroatoms. The van der Waals surface area contributed by atoms with Crippen LogP contribution in [0.3, 0.4) is 0 Å². The van der Waals surface area contributed by atoms with Crippen LogP contribution in [0.4, 0.5) is 5.69 Å². The molecule has 162 valence electrons. The van der Waals surface area contributed by atoms with Crippen LogP contribution in [0.1, 0.15) is 31.1 Å². The predicted molar refractivity (Wildman–Crippen MR) is 116 cm³/mol. The number of carbonyl (C=O) groups is 2. The molecule has 30 heavy (non-hydrogen) atoms. The van der Waals surface area contributed by atoms with Crippen molar-refractivity contribution in [2.75, 3.05) is 18.0 Å². The van der Waals surface area contributed by atoms with Gasteiger partial charge in [-0.2, -0.15) is 0 Å². The van der Waals surface area contributed by atoms with Crippen molar-refractivity contribution in [1.82, 2.24) is 5.32 Å². The monoisotopic (exact) mass is 452 g/mol. The highest BCUT2D eigenvalue weighted by Crippen LogP contribution is 2.31. The molecule has 0 spiro atoms. The number of hydrogen-bond donors (Lipinski definition) is 1. The first-order valence-electron chi connectivity index (χ1n) is 9.33. The summed E-state index contributed by atoms with van der Waals surface area (Å²) in [5, 5.41) is 2.95. The maximum Gasteiger partial charge on any atom is 0.339 e. The number of anilines is 1. The number of amides is 1. The summed E-state index contributed by atoms with van der Waals surface area (Å²) in [6.45, 7) is 5.22. The van der Waals surface area contributed by atoms with E-state index in [1.165, 1.54) is 36.4 Å². The van der Waals surface area contributed by atoms with E-state index in [-0.39, 0.29) is 33.1 Å². The maximum atomic E-state index is 13.6. The van der Waals surface area contributed by atoms with Crippen molar-refractivity contribution < 1.29 is 22.7 Å². The van der Waals surface area contributed by atoms with Crippen LogP contribution in [0.5, 0.6) is 0 Å². The standard InChI is InChI=1S/C21H25ClN2O5S/c1-14(2)15(3)23-20(25)13-24(18-11-7-6-10-17(18)22)30(27,28)19-12-8-5-9-16(19)21(26)29-4/h5-12,14-15H,13H2,1-4H3,(H,23,25). The molecule has 1 unspecified atom stereocenters. The molecule has 1 amide bonds. The zero-order valence-corrected chi connectivity index (χ0v) is 18.8. The number of carbonyl (C=O) groups excluding carboxylic acids is 2. The highest BCUT2D eigenvalue weighted by atomic mass is 35.5. The summed E-state index contributed by atoms with van der Waals surface area (Å²) in [4.78, 5) is 24.5. The van der Waals surface area contributed by atoms with E-state index in [0.29, 0.717) is 0 Å². The normalized spacial score (nSPS) is 12.3. The smallest absolute Gasteiger partial charge is 0.339 e. The Balaban J connectivity index is 2.56. The lowest BCUT2D eigenvalue weighted by molar-refractivity contribution is -0.120. The second-order valence-electron chi connectivity index (χ2n) is 7.05. The number of rotatable bonds is 8. The third-order valence-electron chi connectivity index (χ3n) is 4.66. The maximum absolute atomic E-state index is 13.6. The summed E-state index contributed by atoms with van der Waals surface area (Å²) >= 11 is 6.25. The summed E-state index contributed by atoms with van der Waals surface area (Å²) in [6.07, 6.45) is 0. The van der Waals surface area contributed by atoms with E-state index in [1.54, 1.807) is 12.1 Å². The third-order valence-corrected chi connectivity index (χ3v) is 6.79. The fourth-order valence-corrected chi connectivity index (χ4v) is 4.55. The minimum Gasteiger partial charge on any atom is -0.465 e. The first-order valence-corrected chi connectivity index (χ1v) is 11.1. The number of benzene rings is 2. The SMILES string of the molecule is COC(=O)c1ccccc1S(=O)(=O)N(CC(=O)NC(C)C(C)C)c1ccccc1Cl. The molecule has 7 nitrogen and oxygen atoms in total. The highest BCUT2D eigenvalue weighted by Gasteiger charge is 2.32. The molecule has 0 aliphatic heterocycles. The molecule has 1 atom stereocenters. The molecule has 2 aromatic carbocycles. The Kier molecular flexibility index (Phi) is 7.86. The van der Waals surface area contributed by atoms with Gasteiger partial charge < -0.3 is 10.1 Å². The van der Waals surface area contributed by atoms with E-state index in [4.69, 9.17) is 16.3 Å². The summed E-state index contributed by atoms with van der Waals surface area (Å²) < 4.78 is 32.7. The molecule has 2 aromatic rings. The minimum absolute atomic E-state index is 0.131. The van der Waals surface area contributed by atoms with Gasteiger partial charge in [0.05, 0.1) is 23.4 Å². The van der Waals surface area contributed by atoms with Crippen molar-refractivity contribution in [1.29, 1.82) is 0 Å². The Hall–Kier alpha value is -2.58. The van der Waals surface area contributed by atoms with Gasteiger partial charge in [-0.3, -0.25) is 9.10 Å². The fourth-order valence-electron chi connectivity index (χ4n) is 2.64. The number of ether oxygens (including phenoxy) is 1. The number of para-hydroxylation sites is 1. The number of sulfonamides is 1. The van der Waals surface area contributed by atoms with Crippen LogP contribution in [0, 0.1) is 5.92 Å². The lowest BCUT2D eigenvalue weighted by Crippen LogP contribution is -2.45. The van der Waals surface area contributed by atoms with Crippen molar-refractivity contribution >= 4 is 39.2 Å². The van der Waals surface area contributed by atoms with Gasteiger partial charge in [0, 0.05) is 6.04 Å². The average Bonchev–Trinajstić information content (AvgIpc) is 2.71. The zero-order valence-electron chi connectivity index (χ0n) is 17.3. The Morgan fingerprint density at radius 1 is 1.07 bits per heavy atom. The van der Waals surface area contributed by atoms with Gasteiger partial charge >= 0.3 is 5.97 Å². The Morgan fingerprint density at radius 2 is 1.67 bits per heavy atom. The van der Waals surface area contributed by atoms with Crippen LogP contribution in [-0.4, -0.2) is 40.0 Å². The van der Waals surface area contributed by atoms with E-state index < -0.39 is 28.4 Å². The highest BCUT2D eigenvalue weighted by molar-refractivity contribution is 7.93. The van der Waals surface area contributed by atoms with Gasteiger partial charge in [0.25, 0.3) is 10.0 Å². The first kappa shape index (κ1) is 23.7. The van der Waals surface area contributed by atoms with Gasteiger partial charge in [0.2, 0.25) is 5.91 Å². The van der Waals surface area contributed by atoms with Crippen LogP contribution in [0.15, 0.2) is 53.4 Å². The van der Waals surface area contributed by atoms with Gasteiger partial charge in [-0.15, -0.1) is 0 Å². The lowest BCUT2D eigenvalue weighted by Gasteiger charge is -2.27. The molecular formula is C21H25ClN2O5S.